The van der Waals surface area contributed by atoms with Crippen LogP contribution in [0.1, 0.15) is 20.8 Å². The molecule has 0 aliphatic carbocycles. The van der Waals surface area contributed by atoms with E-state index < -0.39 is 0 Å². The highest BCUT2D eigenvalue weighted by Gasteiger charge is 2.14. The number of benzene rings is 1. The van der Waals surface area contributed by atoms with E-state index in [0.717, 1.165) is 17.2 Å². The molecule has 108 valence electrons. The molecule has 1 N–H and O–H groups in total. The van der Waals surface area contributed by atoms with Crippen molar-refractivity contribution in [1.82, 2.24) is 0 Å². The highest BCUT2D eigenvalue weighted by atomic mass is 16.5. The van der Waals surface area contributed by atoms with Crippen molar-refractivity contribution in [2.24, 2.45) is 5.92 Å². The Hall–Kier alpha value is -1.42. The fraction of sp³-hybridized carbons (Fsp3) is 0.600. The summed E-state index contributed by atoms with van der Waals surface area (Å²) in [5.74, 6) is 1.99. The Kier molecular flexibility index (Phi) is 6.50. The first-order valence-electron chi connectivity index (χ1n) is 6.68. The van der Waals surface area contributed by atoms with Crippen LogP contribution in [0.4, 0.5) is 5.69 Å². The summed E-state index contributed by atoms with van der Waals surface area (Å²) in [6, 6.07) is 6.14. The molecule has 4 nitrogen and oxygen atoms in total. The van der Waals surface area contributed by atoms with E-state index in [1.54, 1.807) is 14.2 Å². The summed E-state index contributed by atoms with van der Waals surface area (Å²) in [5.41, 5.74) is 1.01. The average Bonchev–Trinajstić information content (AvgIpc) is 2.39. The van der Waals surface area contributed by atoms with Crippen molar-refractivity contribution >= 4 is 5.69 Å². The van der Waals surface area contributed by atoms with E-state index in [1.165, 1.54) is 0 Å². The molecule has 1 aromatic rings. The molecular formula is C15H25NO3. The molecule has 0 aliphatic heterocycles. The molecule has 0 spiro atoms. The van der Waals surface area contributed by atoms with Crippen molar-refractivity contribution in [3.63, 3.8) is 0 Å². The van der Waals surface area contributed by atoms with E-state index >= 15 is 0 Å². The van der Waals surface area contributed by atoms with Crippen LogP contribution in [0.2, 0.25) is 0 Å². The van der Waals surface area contributed by atoms with Crippen LogP contribution in [0.15, 0.2) is 18.2 Å². The molecule has 0 amide bonds. The second-order valence-corrected chi connectivity index (χ2v) is 4.75. The second-order valence-electron chi connectivity index (χ2n) is 4.75. The first-order valence-corrected chi connectivity index (χ1v) is 6.68. The van der Waals surface area contributed by atoms with E-state index in [2.05, 4.69) is 19.2 Å². The summed E-state index contributed by atoms with van der Waals surface area (Å²) in [7, 11) is 3.36. The fourth-order valence-electron chi connectivity index (χ4n) is 1.83. The van der Waals surface area contributed by atoms with Crippen LogP contribution in [-0.2, 0) is 4.74 Å². The van der Waals surface area contributed by atoms with E-state index in [9.17, 15) is 0 Å². The lowest BCUT2D eigenvalue weighted by Crippen LogP contribution is -2.30. The van der Waals surface area contributed by atoms with Crippen LogP contribution in [0.25, 0.3) is 0 Å². The molecule has 0 heterocycles. The molecule has 0 saturated heterocycles. The Balaban J connectivity index is 2.85. The smallest absolute Gasteiger partial charge is 0.163 e. The van der Waals surface area contributed by atoms with Gasteiger partial charge in [-0.3, -0.25) is 0 Å². The van der Waals surface area contributed by atoms with Gasteiger partial charge in [0, 0.05) is 18.9 Å². The molecular weight excluding hydrogens is 242 g/mol. The molecule has 19 heavy (non-hydrogen) atoms. The molecule has 0 aliphatic rings. The van der Waals surface area contributed by atoms with Crippen LogP contribution in [0.5, 0.6) is 11.5 Å². The predicted molar refractivity (Wildman–Crippen MR) is 78.3 cm³/mol. The lowest BCUT2D eigenvalue weighted by Gasteiger charge is -2.23. The first kappa shape index (κ1) is 15.6. The lowest BCUT2D eigenvalue weighted by atomic mass is 10.0. The number of ether oxygens (including phenoxy) is 3. The lowest BCUT2D eigenvalue weighted by molar-refractivity contribution is 0.171. The van der Waals surface area contributed by atoms with Gasteiger partial charge in [-0.25, -0.2) is 0 Å². The monoisotopic (exact) mass is 267 g/mol. The average molecular weight is 267 g/mol. The van der Waals surface area contributed by atoms with Gasteiger partial charge < -0.3 is 19.5 Å². The highest BCUT2D eigenvalue weighted by Crippen LogP contribution is 2.30. The molecule has 4 heteroatoms. The zero-order valence-electron chi connectivity index (χ0n) is 12.5. The molecule has 1 unspecified atom stereocenters. The SMILES string of the molecule is CCOc1cc(NC(COC)C(C)C)ccc1OC. The normalized spacial score (nSPS) is 12.3. The van der Waals surface area contributed by atoms with Gasteiger partial charge in [-0.05, 0) is 25.0 Å². The van der Waals surface area contributed by atoms with Gasteiger partial charge in [0.2, 0.25) is 0 Å². The summed E-state index contributed by atoms with van der Waals surface area (Å²) < 4.78 is 16.1. The van der Waals surface area contributed by atoms with Crippen LogP contribution in [0, 0.1) is 5.92 Å². The zero-order valence-corrected chi connectivity index (χ0v) is 12.5. The summed E-state index contributed by atoms with van der Waals surface area (Å²) in [4.78, 5) is 0. The van der Waals surface area contributed by atoms with Crippen LogP contribution in [0.3, 0.4) is 0 Å². The van der Waals surface area contributed by atoms with Gasteiger partial charge in [-0.1, -0.05) is 13.8 Å². The molecule has 1 aromatic carbocycles. The summed E-state index contributed by atoms with van der Waals surface area (Å²) in [5, 5.41) is 3.47. The predicted octanol–water partition coefficient (Wildman–Crippen LogP) is 3.18. The van der Waals surface area contributed by atoms with Crippen LogP contribution < -0.4 is 14.8 Å². The number of rotatable bonds is 8. The molecule has 0 aromatic heterocycles. The molecule has 1 atom stereocenters. The maximum Gasteiger partial charge on any atom is 0.163 e. The zero-order chi connectivity index (χ0) is 14.3. The van der Waals surface area contributed by atoms with E-state index in [1.807, 2.05) is 25.1 Å². The maximum atomic E-state index is 5.57. The van der Waals surface area contributed by atoms with Crippen molar-refractivity contribution in [2.45, 2.75) is 26.8 Å². The maximum absolute atomic E-state index is 5.57. The number of hydrogen-bond donors (Lipinski definition) is 1. The third-order valence-electron chi connectivity index (χ3n) is 2.97. The largest absolute Gasteiger partial charge is 0.493 e. The van der Waals surface area contributed by atoms with Crippen LogP contribution in [-0.4, -0.2) is 33.5 Å². The Morgan fingerprint density at radius 1 is 1.16 bits per heavy atom. The first-order chi connectivity index (χ1) is 9.12. The number of hydrogen-bond acceptors (Lipinski definition) is 4. The molecule has 0 saturated carbocycles. The third kappa shape index (κ3) is 4.63. The summed E-state index contributed by atoms with van der Waals surface area (Å²) >= 11 is 0. The standard InChI is InChI=1S/C15H25NO3/c1-6-19-15-9-12(7-8-14(15)18-5)16-13(10-17-4)11(2)3/h7-9,11,13,16H,6,10H2,1-5H3. The van der Waals surface area contributed by atoms with Crippen molar-refractivity contribution in [3.8, 4) is 11.5 Å². The minimum absolute atomic E-state index is 0.271. The summed E-state index contributed by atoms with van der Waals surface area (Å²) in [6.07, 6.45) is 0. The van der Waals surface area contributed by atoms with Gasteiger partial charge in [0.15, 0.2) is 11.5 Å². The van der Waals surface area contributed by atoms with Crippen molar-refractivity contribution in [1.29, 1.82) is 0 Å². The Morgan fingerprint density at radius 2 is 1.89 bits per heavy atom. The van der Waals surface area contributed by atoms with Gasteiger partial charge in [0.05, 0.1) is 26.4 Å². The van der Waals surface area contributed by atoms with Crippen LogP contribution >= 0.6 is 0 Å². The third-order valence-corrected chi connectivity index (χ3v) is 2.97. The van der Waals surface area contributed by atoms with E-state index in [4.69, 9.17) is 14.2 Å². The number of methoxy groups -OCH3 is 2. The van der Waals surface area contributed by atoms with E-state index in [0.29, 0.717) is 19.1 Å². The van der Waals surface area contributed by atoms with Crippen molar-refractivity contribution < 1.29 is 14.2 Å². The van der Waals surface area contributed by atoms with Crippen molar-refractivity contribution in [2.75, 3.05) is 32.8 Å². The highest BCUT2D eigenvalue weighted by molar-refractivity contribution is 5.55. The summed E-state index contributed by atoms with van der Waals surface area (Å²) in [6.45, 7) is 7.59. The Labute approximate surface area is 116 Å². The second kappa shape index (κ2) is 7.89. The van der Waals surface area contributed by atoms with Gasteiger partial charge in [0.1, 0.15) is 0 Å². The minimum atomic E-state index is 0.271. The number of nitrogens with one attached hydrogen (secondary N) is 1. The topological polar surface area (TPSA) is 39.7 Å². The molecule has 0 fully saturated rings. The van der Waals surface area contributed by atoms with Crippen molar-refractivity contribution in [3.05, 3.63) is 18.2 Å². The van der Waals surface area contributed by atoms with Gasteiger partial charge in [-0.15, -0.1) is 0 Å². The van der Waals surface area contributed by atoms with Gasteiger partial charge >= 0.3 is 0 Å². The van der Waals surface area contributed by atoms with Gasteiger partial charge in [-0.2, -0.15) is 0 Å². The molecule has 0 bridgehead atoms. The number of anilines is 1. The van der Waals surface area contributed by atoms with Gasteiger partial charge in [0.25, 0.3) is 0 Å². The minimum Gasteiger partial charge on any atom is -0.493 e. The fourth-order valence-corrected chi connectivity index (χ4v) is 1.83. The quantitative estimate of drug-likeness (QED) is 0.785. The van der Waals surface area contributed by atoms with E-state index in [-0.39, 0.29) is 6.04 Å². The Bertz CT molecular complexity index is 380. The Morgan fingerprint density at radius 3 is 2.42 bits per heavy atom. The molecule has 0 radical (unpaired) electrons. The molecule has 1 rings (SSSR count).